The number of thioether (sulfide) groups is 1. The molecule has 0 spiro atoms. The highest BCUT2D eigenvalue weighted by Crippen LogP contribution is 2.35. The van der Waals surface area contributed by atoms with Crippen molar-refractivity contribution in [2.75, 3.05) is 12.3 Å². The van der Waals surface area contributed by atoms with Crippen LogP contribution in [0.5, 0.6) is 0 Å². The summed E-state index contributed by atoms with van der Waals surface area (Å²) in [6.45, 7) is 0.546. The van der Waals surface area contributed by atoms with Gasteiger partial charge in [0.2, 0.25) is 5.91 Å². The van der Waals surface area contributed by atoms with Crippen LogP contribution in [0.3, 0.4) is 0 Å². The highest BCUT2D eigenvalue weighted by Gasteiger charge is 2.22. The topological polar surface area (TPSA) is 46.9 Å². The van der Waals surface area contributed by atoms with Crippen molar-refractivity contribution in [1.82, 2.24) is 14.9 Å². The van der Waals surface area contributed by atoms with Crippen molar-refractivity contribution in [1.29, 1.82) is 0 Å². The van der Waals surface area contributed by atoms with Crippen LogP contribution >= 0.6 is 11.8 Å². The van der Waals surface area contributed by atoms with Gasteiger partial charge in [-0.25, -0.2) is 9.37 Å². The number of hydrogen-bond donors (Lipinski definition) is 1. The molecule has 1 saturated carbocycles. The van der Waals surface area contributed by atoms with E-state index in [0.29, 0.717) is 24.8 Å². The average molecular weight is 412 g/mol. The van der Waals surface area contributed by atoms with Crippen molar-refractivity contribution in [2.24, 2.45) is 0 Å². The van der Waals surface area contributed by atoms with E-state index in [1.807, 2.05) is 12.1 Å². The van der Waals surface area contributed by atoms with Crippen LogP contribution in [0.25, 0.3) is 11.0 Å². The molecule has 6 heteroatoms. The Labute approximate surface area is 174 Å². The third-order valence-electron chi connectivity index (χ3n) is 5.48. The van der Waals surface area contributed by atoms with E-state index in [1.54, 1.807) is 12.1 Å². The van der Waals surface area contributed by atoms with Crippen LogP contribution in [-0.4, -0.2) is 27.8 Å². The summed E-state index contributed by atoms with van der Waals surface area (Å²) in [4.78, 5) is 17.1. The predicted octanol–water partition coefficient (Wildman–Crippen LogP) is 5.13. The van der Waals surface area contributed by atoms with Gasteiger partial charge in [-0.05, 0) is 49.1 Å². The van der Waals surface area contributed by atoms with Gasteiger partial charge in [-0.15, -0.1) is 0 Å². The van der Waals surface area contributed by atoms with E-state index in [0.717, 1.165) is 16.2 Å². The van der Waals surface area contributed by atoms with Crippen LogP contribution in [0.4, 0.5) is 4.39 Å². The number of para-hydroxylation sites is 2. The number of nitrogens with zero attached hydrogens (tertiary/aromatic N) is 2. The zero-order valence-corrected chi connectivity index (χ0v) is 17.3. The van der Waals surface area contributed by atoms with Crippen molar-refractivity contribution in [2.45, 2.75) is 49.7 Å². The Morgan fingerprint density at radius 3 is 2.66 bits per heavy atom. The maximum Gasteiger partial charge on any atom is 0.230 e. The summed E-state index contributed by atoms with van der Waals surface area (Å²) in [6, 6.07) is 15.1. The van der Waals surface area contributed by atoms with Gasteiger partial charge in [0.1, 0.15) is 5.82 Å². The van der Waals surface area contributed by atoms with Gasteiger partial charge < -0.3 is 9.88 Å². The number of carbonyl (C=O) groups is 1. The Kier molecular flexibility index (Phi) is 6.49. The molecule has 0 unspecified atom stereocenters. The highest BCUT2D eigenvalue weighted by atomic mass is 32.2. The van der Waals surface area contributed by atoms with Gasteiger partial charge in [0.15, 0.2) is 5.16 Å². The minimum atomic E-state index is -0.241. The molecule has 2 aromatic carbocycles. The zero-order valence-electron chi connectivity index (χ0n) is 16.4. The first kappa shape index (κ1) is 20.0. The van der Waals surface area contributed by atoms with Crippen LogP contribution < -0.4 is 5.32 Å². The van der Waals surface area contributed by atoms with Crippen LogP contribution in [-0.2, 0) is 11.2 Å². The van der Waals surface area contributed by atoms with Gasteiger partial charge in [-0.2, -0.15) is 0 Å². The van der Waals surface area contributed by atoms with E-state index in [1.165, 1.54) is 61.5 Å². The summed E-state index contributed by atoms with van der Waals surface area (Å²) < 4.78 is 15.3. The van der Waals surface area contributed by atoms with Crippen LogP contribution in [0.1, 0.15) is 43.7 Å². The second-order valence-corrected chi connectivity index (χ2v) is 8.50. The minimum Gasteiger partial charge on any atom is -0.355 e. The van der Waals surface area contributed by atoms with Gasteiger partial charge in [0.25, 0.3) is 0 Å². The molecule has 4 nitrogen and oxygen atoms in total. The number of amides is 1. The van der Waals surface area contributed by atoms with E-state index in [4.69, 9.17) is 4.98 Å². The summed E-state index contributed by atoms with van der Waals surface area (Å²) in [5.41, 5.74) is 3.18. The Bertz CT molecular complexity index is 964. The average Bonchev–Trinajstić information content (AvgIpc) is 3.13. The lowest BCUT2D eigenvalue weighted by molar-refractivity contribution is -0.118. The van der Waals surface area contributed by atoms with Crippen molar-refractivity contribution in [3.63, 3.8) is 0 Å². The lowest BCUT2D eigenvalue weighted by Gasteiger charge is -2.25. The number of halogens is 1. The molecule has 0 bridgehead atoms. The normalized spacial score (nSPS) is 14.9. The minimum absolute atomic E-state index is 0.000591. The van der Waals surface area contributed by atoms with E-state index < -0.39 is 0 Å². The quantitative estimate of drug-likeness (QED) is 0.548. The largest absolute Gasteiger partial charge is 0.355 e. The summed E-state index contributed by atoms with van der Waals surface area (Å²) in [6.07, 6.45) is 6.87. The molecule has 1 aliphatic rings. The standard InChI is InChI=1S/C23H26FN3OS/c24-18-12-10-17(11-13-18)14-15-25-22(28)16-29-23-26-20-8-4-5-9-21(20)27(23)19-6-2-1-3-7-19/h4-5,8-13,19H,1-3,6-7,14-16H2,(H,25,28). The molecular weight excluding hydrogens is 385 g/mol. The SMILES string of the molecule is O=C(CSc1nc2ccccc2n1C1CCCCC1)NCCc1ccc(F)cc1. The van der Waals surface area contributed by atoms with Gasteiger partial charge in [0.05, 0.1) is 16.8 Å². The van der Waals surface area contributed by atoms with Crippen molar-refractivity contribution < 1.29 is 9.18 Å². The first-order valence-corrected chi connectivity index (χ1v) is 11.3. The van der Waals surface area contributed by atoms with Gasteiger partial charge >= 0.3 is 0 Å². The molecule has 1 amide bonds. The van der Waals surface area contributed by atoms with Crippen molar-refractivity contribution >= 4 is 28.7 Å². The number of imidazole rings is 1. The molecule has 1 aromatic heterocycles. The fraction of sp³-hybridized carbons (Fsp3) is 0.391. The van der Waals surface area contributed by atoms with Crippen molar-refractivity contribution in [3.8, 4) is 0 Å². The van der Waals surface area contributed by atoms with E-state index in [2.05, 4.69) is 22.0 Å². The third kappa shape index (κ3) is 4.99. The van der Waals surface area contributed by atoms with Crippen molar-refractivity contribution in [3.05, 3.63) is 59.9 Å². The molecule has 1 N–H and O–H groups in total. The van der Waals surface area contributed by atoms with E-state index in [-0.39, 0.29) is 11.7 Å². The molecule has 1 fully saturated rings. The Morgan fingerprint density at radius 1 is 1.10 bits per heavy atom. The monoisotopic (exact) mass is 411 g/mol. The molecule has 0 saturated heterocycles. The van der Waals surface area contributed by atoms with Crippen LogP contribution in [0, 0.1) is 5.82 Å². The number of nitrogens with one attached hydrogen (secondary N) is 1. The predicted molar refractivity (Wildman–Crippen MR) is 116 cm³/mol. The first-order chi connectivity index (χ1) is 14.2. The Balaban J connectivity index is 1.37. The summed E-state index contributed by atoms with van der Waals surface area (Å²) >= 11 is 1.51. The number of rotatable bonds is 7. The fourth-order valence-electron chi connectivity index (χ4n) is 3.99. The number of aromatic nitrogens is 2. The molecule has 0 radical (unpaired) electrons. The van der Waals surface area contributed by atoms with E-state index in [9.17, 15) is 9.18 Å². The third-order valence-corrected chi connectivity index (χ3v) is 6.44. The number of hydrogen-bond acceptors (Lipinski definition) is 3. The maximum absolute atomic E-state index is 13.0. The smallest absolute Gasteiger partial charge is 0.230 e. The number of carbonyl (C=O) groups excluding carboxylic acids is 1. The second kappa shape index (κ2) is 9.44. The molecule has 152 valence electrons. The van der Waals surface area contributed by atoms with Gasteiger partial charge in [0, 0.05) is 12.6 Å². The number of benzene rings is 2. The molecular formula is C23H26FN3OS. The molecule has 3 aromatic rings. The molecule has 0 atom stereocenters. The molecule has 0 aliphatic heterocycles. The molecule has 29 heavy (non-hydrogen) atoms. The lowest BCUT2D eigenvalue weighted by atomic mass is 9.95. The Morgan fingerprint density at radius 2 is 1.86 bits per heavy atom. The van der Waals surface area contributed by atoms with Crippen LogP contribution in [0.2, 0.25) is 0 Å². The van der Waals surface area contributed by atoms with E-state index >= 15 is 0 Å². The second-order valence-electron chi connectivity index (χ2n) is 7.56. The first-order valence-electron chi connectivity index (χ1n) is 10.3. The van der Waals surface area contributed by atoms with Gasteiger partial charge in [-0.1, -0.05) is 55.3 Å². The summed E-state index contributed by atoms with van der Waals surface area (Å²) in [5, 5.41) is 3.90. The van der Waals surface area contributed by atoms with Gasteiger partial charge in [-0.3, -0.25) is 4.79 Å². The lowest BCUT2D eigenvalue weighted by Crippen LogP contribution is -2.27. The molecule has 1 heterocycles. The fourth-order valence-corrected chi connectivity index (χ4v) is 4.91. The highest BCUT2D eigenvalue weighted by molar-refractivity contribution is 7.99. The number of fused-ring (bicyclic) bond motifs is 1. The zero-order chi connectivity index (χ0) is 20.1. The Hall–Kier alpha value is -2.34. The molecule has 1 aliphatic carbocycles. The summed E-state index contributed by atoms with van der Waals surface area (Å²) in [7, 11) is 0. The molecule has 4 rings (SSSR count). The maximum atomic E-state index is 13.0. The van der Waals surface area contributed by atoms with Crippen LogP contribution in [0.15, 0.2) is 53.7 Å². The summed E-state index contributed by atoms with van der Waals surface area (Å²) in [5.74, 6) is 0.105.